The van der Waals surface area contributed by atoms with E-state index in [2.05, 4.69) is 16.9 Å². The highest BCUT2D eigenvalue weighted by Crippen LogP contribution is 2.28. The van der Waals surface area contributed by atoms with E-state index in [-0.39, 0.29) is 0 Å². The molecule has 2 heterocycles. The third-order valence-corrected chi connectivity index (χ3v) is 1.27. The summed E-state index contributed by atoms with van der Waals surface area (Å²) in [4.78, 5) is 3.96. The van der Waals surface area contributed by atoms with Gasteiger partial charge in [0, 0.05) is 6.20 Å². The number of fused-ring (bicyclic) bond motifs is 1. The summed E-state index contributed by atoms with van der Waals surface area (Å²) < 4.78 is 5.09. The molecular weight excluding hydrogens is 128 g/mol. The van der Waals surface area contributed by atoms with E-state index in [1.807, 2.05) is 12.1 Å². The van der Waals surface area contributed by atoms with Crippen molar-refractivity contribution in [1.82, 2.24) is 4.98 Å². The molecule has 2 rings (SSSR count). The Hall–Kier alpha value is -1.51. The van der Waals surface area contributed by atoms with Crippen LogP contribution in [0, 0.1) is 0 Å². The number of aromatic nitrogens is 1. The van der Waals surface area contributed by atoms with E-state index in [1.165, 1.54) is 0 Å². The molecule has 50 valence electrons. The molecule has 3 nitrogen and oxygen atoms in total. The average molecular weight is 134 g/mol. The van der Waals surface area contributed by atoms with Gasteiger partial charge in [-0.25, -0.2) is 4.98 Å². The van der Waals surface area contributed by atoms with Gasteiger partial charge in [0.15, 0.2) is 5.88 Å². The fraction of sp³-hybridized carbons (Fsp3) is 0. The Labute approximate surface area is 58.3 Å². The fourth-order valence-electron chi connectivity index (χ4n) is 0.860. The second-order valence-electron chi connectivity index (χ2n) is 2.01. The Bertz CT molecular complexity index is 256. The standard InChI is InChI=1S/C7H6N2O/c1-5-9-6-3-2-4-8-7(6)10-5/h2-4,9H,1H2. The lowest BCUT2D eigenvalue weighted by Crippen LogP contribution is -1.92. The molecule has 0 unspecified atom stereocenters. The molecule has 0 aliphatic carbocycles. The number of pyridine rings is 1. The predicted molar refractivity (Wildman–Crippen MR) is 37.6 cm³/mol. The van der Waals surface area contributed by atoms with Gasteiger partial charge in [-0.2, -0.15) is 0 Å². The molecule has 10 heavy (non-hydrogen) atoms. The molecule has 1 aromatic rings. The Morgan fingerprint density at radius 1 is 1.60 bits per heavy atom. The lowest BCUT2D eigenvalue weighted by molar-refractivity contribution is 0.443. The summed E-state index contributed by atoms with van der Waals surface area (Å²) in [6.45, 7) is 3.60. The van der Waals surface area contributed by atoms with Gasteiger partial charge in [-0.15, -0.1) is 0 Å². The summed E-state index contributed by atoms with van der Waals surface area (Å²) in [5.74, 6) is 1.14. The van der Waals surface area contributed by atoms with Crippen LogP contribution in [0.4, 0.5) is 5.69 Å². The molecule has 0 radical (unpaired) electrons. The Kier molecular flexibility index (Phi) is 0.917. The van der Waals surface area contributed by atoms with Gasteiger partial charge in [0.2, 0.25) is 5.88 Å². The van der Waals surface area contributed by atoms with E-state index in [0.29, 0.717) is 11.8 Å². The first-order valence-corrected chi connectivity index (χ1v) is 2.95. The quantitative estimate of drug-likeness (QED) is 0.581. The van der Waals surface area contributed by atoms with Crippen molar-refractivity contribution in [2.45, 2.75) is 0 Å². The SMILES string of the molecule is C=C1Nc2cccnc2O1. The molecule has 0 saturated heterocycles. The first-order valence-electron chi connectivity index (χ1n) is 2.95. The summed E-state index contributed by atoms with van der Waals surface area (Å²) in [5.41, 5.74) is 0.882. The van der Waals surface area contributed by atoms with Crippen LogP contribution in [0.1, 0.15) is 0 Å². The van der Waals surface area contributed by atoms with Crippen LogP contribution in [0.2, 0.25) is 0 Å². The lowest BCUT2D eigenvalue weighted by atomic mass is 10.4. The molecule has 3 heteroatoms. The molecule has 0 bridgehead atoms. The van der Waals surface area contributed by atoms with Crippen molar-refractivity contribution < 1.29 is 4.74 Å². The molecule has 0 amide bonds. The minimum Gasteiger partial charge on any atom is -0.421 e. The molecule has 0 aromatic carbocycles. The van der Waals surface area contributed by atoms with E-state index in [1.54, 1.807) is 6.20 Å². The molecule has 1 N–H and O–H groups in total. The smallest absolute Gasteiger partial charge is 0.244 e. The number of nitrogens with one attached hydrogen (secondary N) is 1. The van der Waals surface area contributed by atoms with Crippen LogP contribution in [0.25, 0.3) is 0 Å². The van der Waals surface area contributed by atoms with E-state index >= 15 is 0 Å². The lowest BCUT2D eigenvalue weighted by Gasteiger charge is -1.90. The van der Waals surface area contributed by atoms with Crippen molar-refractivity contribution in [3.8, 4) is 5.88 Å². The van der Waals surface area contributed by atoms with Crippen molar-refractivity contribution in [1.29, 1.82) is 0 Å². The monoisotopic (exact) mass is 134 g/mol. The van der Waals surface area contributed by atoms with Crippen LogP contribution in [-0.2, 0) is 0 Å². The van der Waals surface area contributed by atoms with Crippen LogP contribution < -0.4 is 10.1 Å². The minimum absolute atomic E-state index is 0.536. The summed E-state index contributed by atoms with van der Waals surface area (Å²) in [6.07, 6.45) is 1.68. The second-order valence-corrected chi connectivity index (χ2v) is 2.01. The summed E-state index contributed by atoms with van der Waals surface area (Å²) in [5, 5.41) is 2.92. The van der Waals surface area contributed by atoms with Crippen molar-refractivity contribution >= 4 is 5.69 Å². The second kappa shape index (κ2) is 1.73. The van der Waals surface area contributed by atoms with Crippen molar-refractivity contribution in [3.05, 3.63) is 30.8 Å². The number of anilines is 1. The van der Waals surface area contributed by atoms with Crippen molar-refractivity contribution in [2.75, 3.05) is 5.32 Å². The molecule has 1 aliphatic heterocycles. The third kappa shape index (κ3) is 0.639. The minimum atomic E-state index is 0.536. The van der Waals surface area contributed by atoms with Gasteiger partial charge in [-0.3, -0.25) is 0 Å². The maximum atomic E-state index is 5.09. The van der Waals surface area contributed by atoms with Crippen molar-refractivity contribution in [3.63, 3.8) is 0 Å². The van der Waals surface area contributed by atoms with Gasteiger partial charge in [0.1, 0.15) is 5.69 Å². The van der Waals surface area contributed by atoms with E-state index in [4.69, 9.17) is 4.74 Å². The predicted octanol–water partition coefficient (Wildman–Crippen LogP) is 1.36. The van der Waals surface area contributed by atoms with E-state index < -0.39 is 0 Å². The topological polar surface area (TPSA) is 34.2 Å². The first-order chi connectivity index (χ1) is 4.86. The maximum absolute atomic E-state index is 5.09. The molecule has 0 atom stereocenters. The van der Waals surface area contributed by atoms with E-state index in [0.717, 1.165) is 5.69 Å². The summed E-state index contributed by atoms with van der Waals surface area (Å²) in [7, 11) is 0. The molecule has 0 spiro atoms. The highest BCUT2D eigenvalue weighted by Gasteiger charge is 2.13. The zero-order chi connectivity index (χ0) is 6.97. The van der Waals surface area contributed by atoms with Crippen molar-refractivity contribution in [2.24, 2.45) is 0 Å². The first kappa shape index (κ1) is 5.29. The zero-order valence-electron chi connectivity index (χ0n) is 5.29. The van der Waals surface area contributed by atoms with Gasteiger partial charge < -0.3 is 10.1 Å². The largest absolute Gasteiger partial charge is 0.421 e. The summed E-state index contributed by atoms with van der Waals surface area (Å²) >= 11 is 0. The summed E-state index contributed by atoms with van der Waals surface area (Å²) in [6, 6.07) is 3.73. The van der Waals surface area contributed by atoms with Crippen LogP contribution in [0.15, 0.2) is 30.8 Å². The Morgan fingerprint density at radius 2 is 2.50 bits per heavy atom. The number of nitrogens with zero attached hydrogens (tertiary/aromatic N) is 1. The Balaban J connectivity index is 2.51. The molecule has 0 saturated carbocycles. The van der Waals surface area contributed by atoms with Crippen LogP contribution in [0.3, 0.4) is 0 Å². The normalized spacial score (nSPS) is 13.8. The molecule has 0 fully saturated rings. The Morgan fingerprint density at radius 3 is 3.30 bits per heavy atom. The molecule has 1 aliphatic rings. The highest BCUT2D eigenvalue weighted by atomic mass is 16.5. The number of hydrogen-bond donors (Lipinski definition) is 1. The maximum Gasteiger partial charge on any atom is 0.244 e. The number of ether oxygens (including phenoxy) is 1. The molecule has 1 aromatic heterocycles. The zero-order valence-corrected chi connectivity index (χ0v) is 5.29. The highest BCUT2D eigenvalue weighted by molar-refractivity contribution is 5.59. The van der Waals surface area contributed by atoms with Gasteiger partial charge in [-0.1, -0.05) is 0 Å². The fourth-order valence-corrected chi connectivity index (χ4v) is 0.860. The van der Waals surface area contributed by atoms with Gasteiger partial charge in [0.25, 0.3) is 0 Å². The van der Waals surface area contributed by atoms with Crippen LogP contribution >= 0.6 is 0 Å². The van der Waals surface area contributed by atoms with Crippen LogP contribution in [-0.4, -0.2) is 4.98 Å². The third-order valence-electron chi connectivity index (χ3n) is 1.27. The van der Waals surface area contributed by atoms with Gasteiger partial charge >= 0.3 is 0 Å². The number of hydrogen-bond acceptors (Lipinski definition) is 3. The molecular formula is C7H6N2O. The van der Waals surface area contributed by atoms with Gasteiger partial charge in [0.05, 0.1) is 0 Å². The van der Waals surface area contributed by atoms with Gasteiger partial charge in [-0.05, 0) is 18.7 Å². The van der Waals surface area contributed by atoms with Crippen LogP contribution in [0.5, 0.6) is 5.88 Å². The van der Waals surface area contributed by atoms with E-state index in [9.17, 15) is 0 Å². The number of rotatable bonds is 0. The average Bonchev–Trinajstić information content (AvgIpc) is 2.27.